The number of nitrogens with zero attached hydrogens (tertiary/aromatic N) is 5. The summed E-state index contributed by atoms with van der Waals surface area (Å²) in [6.07, 6.45) is 6.69. The van der Waals surface area contributed by atoms with Crippen molar-refractivity contribution >= 4 is 16.9 Å². The number of rotatable bonds is 6. The third-order valence-corrected chi connectivity index (χ3v) is 8.33. The lowest BCUT2D eigenvalue weighted by Crippen LogP contribution is -2.49. The molecule has 41 heavy (non-hydrogen) atoms. The summed E-state index contributed by atoms with van der Waals surface area (Å²) in [4.78, 5) is 32.6. The van der Waals surface area contributed by atoms with Gasteiger partial charge in [0, 0.05) is 18.7 Å². The van der Waals surface area contributed by atoms with Gasteiger partial charge in [-0.2, -0.15) is 5.10 Å². The average Bonchev–Trinajstić information content (AvgIpc) is 3.42. The summed E-state index contributed by atoms with van der Waals surface area (Å²) in [7, 11) is 0. The Balaban J connectivity index is 1.08. The molecule has 1 aliphatic carbocycles. The Morgan fingerprint density at radius 1 is 1.02 bits per heavy atom. The van der Waals surface area contributed by atoms with Crippen LogP contribution >= 0.6 is 0 Å². The summed E-state index contributed by atoms with van der Waals surface area (Å²) >= 11 is 0. The normalized spacial score (nSPS) is 20.7. The van der Waals surface area contributed by atoms with Gasteiger partial charge in [0.05, 0.1) is 36.2 Å². The molecule has 1 aliphatic heterocycles. The zero-order valence-electron chi connectivity index (χ0n) is 23.1. The van der Waals surface area contributed by atoms with E-state index in [1.165, 1.54) is 17.1 Å². The van der Waals surface area contributed by atoms with Crippen molar-refractivity contribution in [3.8, 4) is 11.4 Å². The third-order valence-electron chi connectivity index (χ3n) is 8.33. The second-order valence-corrected chi connectivity index (χ2v) is 11.4. The number of aliphatic hydroxyl groups is 2. The van der Waals surface area contributed by atoms with Gasteiger partial charge >= 0.3 is 0 Å². The zero-order valence-corrected chi connectivity index (χ0v) is 23.1. The number of carbonyl (C=O) groups is 1. The maximum Gasteiger partial charge on any atom is 0.264 e. The molecule has 2 aliphatic rings. The van der Waals surface area contributed by atoms with Gasteiger partial charge in [0.25, 0.3) is 11.5 Å². The number of aryl methyl sites for hydroxylation is 1. The number of benzene rings is 2. The molecule has 2 aromatic carbocycles. The Kier molecular flexibility index (Phi) is 7.35. The van der Waals surface area contributed by atoms with Gasteiger partial charge in [-0.15, -0.1) is 0 Å². The van der Waals surface area contributed by atoms with Gasteiger partial charge in [0.2, 0.25) is 0 Å². The van der Waals surface area contributed by atoms with E-state index in [0.29, 0.717) is 42.5 Å². The molecule has 0 radical (unpaired) electrons. The maximum atomic E-state index is 13.2. The van der Waals surface area contributed by atoms with Gasteiger partial charge in [-0.3, -0.25) is 14.2 Å². The van der Waals surface area contributed by atoms with E-state index in [1.54, 1.807) is 21.7 Å². The molecule has 1 amide bonds. The van der Waals surface area contributed by atoms with E-state index >= 15 is 0 Å². The van der Waals surface area contributed by atoms with E-state index < -0.39 is 5.60 Å². The predicted molar refractivity (Wildman–Crippen MR) is 153 cm³/mol. The van der Waals surface area contributed by atoms with Crippen molar-refractivity contribution in [1.82, 2.24) is 24.2 Å². The van der Waals surface area contributed by atoms with Crippen molar-refractivity contribution in [2.24, 2.45) is 0 Å². The fourth-order valence-electron chi connectivity index (χ4n) is 5.75. The van der Waals surface area contributed by atoms with E-state index in [4.69, 9.17) is 4.74 Å². The lowest BCUT2D eigenvalue weighted by molar-refractivity contribution is -0.0299. The van der Waals surface area contributed by atoms with Crippen LogP contribution in [0.2, 0.25) is 0 Å². The first kappa shape index (κ1) is 27.2. The van der Waals surface area contributed by atoms with Crippen molar-refractivity contribution < 1.29 is 19.7 Å². The van der Waals surface area contributed by atoms with Crippen LogP contribution in [0.1, 0.15) is 54.4 Å². The van der Waals surface area contributed by atoms with Gasteiger partial charge in [-0.05, 0) is 81.8 Å². The van der Waals surface area contributed by atoms with Gasteiger partial charge in [-0.1, -0.05) is 17.7 Å². The van der Waals surface area contributed by atoms with Crippen LogP contribution in [-0.2, 0) is 6.54 Å². The fourth-order valence-corrected chi connectivity index (χ4v) is 5.75. The minimum absolute atomic E-state index is 0.0903. The molecule has 1 saturated carbocycles. The highest BCUT2D eigenvalue weighted by molar-refractivity contribution is 5.94. The number of amides is 1. The first-order valence-corrected chi connectivity index (χ1v) is 14.2. The molecular weight excluding hydrogens is 522 g/mol. The molecule has 0 bridgehead atoms. The van der Waals surface area contributed by atoms with Crippen LogP contribution in [0.15, 0.2) is 65.8 Å². The summed E-state index contributed by atoms with van der Waals surface area (Å²) in [6, 6.07) is 15.0. The van der Waals surface area contributed by atoms with Gasteiger partial charge in [0.1, 0.15) is 17.5 Å². The van der Waals surface area contributed by atoms with Crippen molar-refractivity contribution in [2.75, 3.05) is 13.1 Å². The molecule has 3 heterocycles. The number of likely N-dealkylation sites (tertiary alicyclic amines) is 1. The minimum atomic E-state index is -1.13. The highest BCUT2D eigenvalue weighted by Crippen LogP contribution is 2.27. The van der Waals surface area contributed by atoms with Gasteiger partial charge in [0.15, 0.2) is 5.65 Å². The van der Waals surface area contributed by atoms with Crippen LogP contribution in [0.3, 0.4) is 0 Å². The molecular formula is C31H35N5O5. The number of hydrogen-bond donors (Lipinski definition) is 2. The van der Waals surface area contributed by atoms with E-state index in [1.807, 2.05) is 43.3 Å². The van der Waals surface area contributed by atoms with Crippen LogP contribution in [0.25, 0.3) is 16.7 Å². The maximum absolute atomic E-state index is 13.2. The van der Waals surface area contributed by atoms with Crippen molar-refractivity contribution in [3.63, 3.8) is 0 Å². The first-order valence-electron chi connectivity index (χ1n) is 14.2. The van der Waals surface area contributed by atoms with Crippen LogP contribution in [-0.4, -0.2) is 71.3 Å². The molecule has 214 valence electrons. The quantitative estimate of drug-likeness (QED) is 0.373. The molecule has 2 fully saturated rings. The standard InChI is InChI=1S/C31H35N5O5/c1-21-2-6-23(7-3-21)36-28-27(18-33-36)30(39)35(20-32-28)19-31(40)14-16-34(17-15-31)29(38)22-4-10-25(11-5-22)41-26-12-8-24(37)9-13-26/h2-7,10-11,18,20,24,26,37,40H,8-9,12-17,19H2,1H3. The van der Waals surface area contributed by atoms with Crippen molar-refractivity contribution in [3.05, 3.63) is 82.5 Å². The number of aliphatic hydroxyl groups excluding tert-OH is 1. The van der Waals surface area contributed by atoms with Crippen LogP contribution in [0.4, 0.5) is 0 Å². The summed E-state index contributed by atoms with van der Waals surface area (Å²) in [5.74, 6) is 0.625. The van der Waals surface area contributed by atoms with Crippen LogP contribution in [0, 0.1) is 6.92 Å². The molecule has 4 aromatic rings. The first-order chi connectivity index (χ1) is 19.8. The smallest absolute Gasteiger partial charge is 0.264 e. The molecule has 1 saturated heterocycles. The van der Waals surface area contributed by atoms with Crippen LogP contribution < -0.4 is 10.3 Å². The summed E-state index contributed by atoms with van der Waals surface area (Å²) in [5, 5.41) is 25.8. The molecule has 6 rings (SSSR count). The molecule has 0 atom stereocenters. The van der Waals surface area contributed by atoms with Gasteiger partial charge in [-0.25, -0.2) is 9.67 Å². The SMILES string of the molecule is Cc1ccc(-n2ncc3c(=O)n(CC4(O)CCN(C(=O)c5ccc(OC6CCC(O)CC6)cc5)CC4)cnc32)cc1. The Morgan fingerprint density at radius 3 is 2.39 bits per heavy atom. The van der Waals surface area contributed by atoms with Crippen molar-refractivity contribution in [1.29, 1.82) is 0 Å². The average molecular weight is 558 g/mol. The molecule has 2 N–H and O–H groups in total. The second-order valence-electron chi connectivity index (χ2n) is 11.4. The van der Waals surface area contributed by atoms with E-state index in [9.17, 15) is 19.8 Å². The topological polar surface area (TPSA) is 123 Å². The number of piperidine rings is 1. The van der Waals surface area contributed by atoms with E-state index in [-0.39, 0.29) is 30.2 Å². The Bertz CT molecular complexity index is 1580. The van der Waals surface area contributed by atoms with Crippen molar-refractivity contribution in [2.45, 2.75) is 69.8 Å². The highest BCUT2D eigenvalue weighted by Gasteiger charge is 2.35. The summed E-state index contributed by atoms with van der Waals surface area (Å²) < 4.78 is 9.10. The van der Waals surface area contributed by atoms with E-state index in [0.717, 1.165) is 42.7 Å². The number of aromatic nitrogens is 4. The third kappa shape index (κ3) is 5.75. The lowest BCUT2D eigenvalue weighted by atomic mass is 9.91. The summed E-state index contributed by atoms with van der Waals surface area (Å²) in [6.45, 7) is 2.87. The fraction of sp³-hybridized carbons (Fsp3) is 0.419. The predicted octanol–water partition coefficient (Wildman–Crippen LogP) is 3.24. The molecule has 10 heteroatoms. The minimum Gasteiger partial charge on any atom is -0.490 e. The molecule has 2 aromatic heterocycles. The number of ether oxygens (including phenoxy) is 1. The highest BCUT2D eigenvalue weighted by atomic mass is 16.5. The summed E-state index contributed by atoms with van der Waals surface area (Å²) in [5.41, 5.74) is 1.59. The molecule has 10 nitrogen and oxygen atoms in total. The number of carbonyl (C=O) groups excluding carboxylic acids is 1. The second kappa shape index (κ2) is 11.1. The number of hydrogen-bond acceptors (Lipinski definition) is 7. The molecule has 0 spiro atoms. The lowest BCUT2D eigenvalue weighted by Gasteiger charge is -2.38. The van der Waals surface area contributed by atoms with Gasteiger partial charge < -0.3 is 19.8 Å². The van der Waals surface area contributed by atoms with E-state index in [2.05, 4.69) is 10.1 Å². The number of fused-ring (bicyclic) bond motifs is 1. The molecule has 0 unspecified atom stereocenters. The monoisotopic (exact) mass is 557 g/mol. The largest absolute Gasteiger partial charge is 0.490 e. The van der Waals surface area contributed by atoms with Crippen LogP contribution in [0.5, 0.6) is 5.75 Å². The Labute approximate surface area is 237 Å². The zero-order chi connectivity index (χ0) is 28.6. The Morgan fingerprint density at radius 2 is 1.71 bits per heavy atom. The Hall–Kier alpha value is -4.02.